The zero-order chi connectivity index (χ0) is 20.9. The first-order valence-corrected chi connectivity index (χ1v) is 11.9. The summed E-state index contributed by atoms with van der Waals surface area (Å²) in [5.74, 6) is -0.818. The van der Waals surface area contributed by atoms with E-state index in [0.29, 0.717) is 5.56 Å². The molecule has 0 aliphatic rings. The summed E-state index contributed by atoms with van der Waals surface area (Å²) in [6.45, 7) is 1.37. The normalized spacial score (nSPS) is 12.1. The second-order valence-corrected chi connectivity index (χ2v) is 10.9. The van der Waals surface area contributed by atoms with Crippen molar-refractivity contribution in [3.8, 4) is 0 Å². The highest BCUT2D eigenvalue weighted by atomic mass is 32.4. The van der Waals surface area contributed by atoms with Crippen molar-refractivity contribution in [3.63, 3.8) is 0 Å². The van der Waals surface area contributed by atoms with E-state index in [1.807, 2.05) is 60.7 Å². The zero-order valence-corrected chi connectivity index (χ0v) is 18.0. The van der Waals surface area contributed by atoms with E-state index in [0.717, 1.165) is 15.9 Å². The molecule has 3 aromatic carbocycles. The molecule has 0 radical (unpaired) electrons. The maximum absolute atomic E-state index is 12.1. The van der Waals surface area contributed by atoms with Crippen molar-refractivity contribution in [2.45, 2.75) is 13.0 Å². The van der Waals surface area contributed by atoms with E-state index >= 15 is 0 Å². The van der Waals surface area contributed by atoms with Crippen molar-refractivity contribution >= 4 is 45.6 Å². The van der Waals surface area contributed by atoms with Gasteiger partial charge in [-0.3, -0.25) is 4.79 Å². The third-order valence-electron chi connectivity index (χ3n) is 4.61. The van der Waals surface area contributed by atoms with Crippen molar-refractivity contribution in [1.29, 1.82) is 0 Å². The number of amides is 1. The lowest BCUT2D eigenvalue weighted by molar-refractivity contribution is -0.145. The van der Waals surface area contributed by atoms with Crippen LogP contribution < -0.4 is 21.2 Å². The third-order valence-corrected chi connectivity index (χ3v) is 9.59. The van der Waals surface area contributed by atoms with Crippen LogP contribution >= 0.6 is 6.04 Å². The molecule has 29 heavy (non-hydrogen) atoms. The van der Waals surface area contributed by atoms with Gasteiger partial charge in [0.1, 0.15) is 0 Å². The van der Waals surface area contributed by atoms with Crippen LogP contribution in [0, 0.1) is 0 Å². The van der Waals surface area contributed by atoms with Crippen LogP contribution in [0.25, 0.3) is 0 Å². The highest BCUT2D eigenvalue weighted by molar-refractivity contribution is 8.25. The summed E-state index contributed by atoms with van der Waals surface area (Å²) in [7, 11) is 1.30. The van der Waals surface area contributed by atoms with Crippen molar-refractivity contribution in [3.05, 3.63) is 90.5 Å². The van der Waals surface area contributed by atoms with Crippen LogP contribution in [0.2, 0.25) is 0 Å². The fourth-order valence-electron chi connectivity index (χ4n) is 3.20. The summed E-state index contributed by atoms with van der Waals surface area (Å²) in [4.78, 5) is 23.6. The Labute approximate surface area is 175 Å². The van der Waals surface area contributed by atoms with Gasteiger partial charge >= 0.3 is 5.97 Å². The average molecular weight is 423 g/mol. The zero-order valence-electron chi connectivity index (χ0n) is 16.2. The highest BCUT2D eigenvalue weighted by Crippen LogP contribution is 2.42. The van der Waals surface area contributed by atoms with E-state index in [-0.39, 0.29) is 5.91 Å². The summed E-state index contributed by atoms with van der Waals surface area (Å²) in [6, 6.07) is 24.7. The Morgan fingerprint density at radius 2 is 1.28 bits per heavy atom. The van der Waals surface area contributed by atoms with E-state index in [4.69, 9.17) is 16.5 Å². The van der Waals surface area contributed by atoms with Gasteiger partial charge < -0.3 is 10.1 Å². The molecule has 3 rings (SSSR count). The summed E-state index contributed by atoms with van der Waals surface area (Å²) in [6.07, 6.45) is 0. The Bertz CT molecular complexity index is 993. The minimum atomic E-state index is -2.25. The summed E-state index contributed by atoms with van der Waals surface area (Å²) < 4.78 is 4.84. The van der Waals surface area contributed by atoms with Gasteiger partial charge in [-0.2, -0.15) is 0 Å². The van der Waals surface area contributed by atoms with E-state index < -0.39 is 18.0 Å². The summed E-state index contributed by atoms with van der Waals surface area (Å²) in [5.41, 5.74) is 0.651. The first-order chi connectivity index (χ1) is 14.0. The quantitative estimate of drug-likeness (QED) is 0.489. The molecular formula is C23H22NO3PS. The summed E-state index contributed by atoms with van der Waals surface area (Å²) >= 11 is 6.30. The molecule has 0 aromatic heterocycles. The predicted octanol–water partition coefficient (Wildman–Crippen LogP) is 2.79. The standard InChI is InChI=1S/C23H22NO3PS/c1-17(25)24-22(23(26)27-2)18-13-15-21(16-14-18)28(29,19-9-5-3-6-10-19)20-11-7-4-8-12-20/h3-16,22H,1-2H3,(H,24,25). The third kappa shape index (κ3) is 4.47. The van der Waals surface area contributed by atoms with Crippen LogP contribution in [-0.2, 0) is 26.1 Å². The molecule has 0 aliphatic heterocycles. The maximum atomic E-state index is 12.1. The van der Waals surface area contributed by atoms with Crippen molar-refractivity contribution < 1.29 is 14.3 Å². The lowest BCUT2D eigenvalue weighted by Gasteiger charge is -2.25. The molecule has 1 unspecified atom stereocenters. The van der Waals surface area contributed by atoms with Gasteiger partial charge in [0.05, 0.1) is 7.11 Å². The minimum absolute atomic E-state index is 0.303. The van der Waals surface area contributed by atoms with Crippen LogP contribution in [0.5, 0.6) is 0 Å². The molecule has 148 valence electrons. The van der Waals surface area contributed by atoms with Crippen LogP contribution in [0.4, 0.5) is 0 Å². The number of hydrogen-bond donors (Lipinski definition) is 1. The Hall–Kier alpha value is -2.75. The molecule has 0 spiro atoms. The van der Waals surface area contributed by atoms with Gasteiger partial charge in [0.2, 0.25) is 5.91 Å². The molecule has 0 fully saturated rings. The molecule has 0 bridgehead atoms. The topological polar surface area (TPSA) is 55.4 Å². The Balaban J connectivity index is 2.08. The number of benzene rings is 3. The SMILES string of the molecule is COC(=O)C(NC(C)=O)c1ccc(P(=S)(c2ccccc2)c2ccccc2)cc1. The molecule has 3 aromatic rings. The van der Waals surface area contributed by atoms with E-state index in [1.54, 1.807) is 0 Å². The molecular weight excluding hydrogens is 401 g/mol. The number of carbonyl (C=O) groups is 2. The van der Waals surface area contributed by atoms with Crippen LogP contribution in [-0.4, -0.2) is 19.0 Å². The molecule has 0 saturated heterocycles. The molecule has 1 atom stereocenters. The Morgan fingerprint density at radius 1 is 0.828 bits per heavy atom. The van der Waals surface area contributed by atoms with Gasteiger partial charge in [0.25, 0.3) is 0 Å². The molecule has 6 heteroatoms. The number of rotatable bonds is 6. The van der Waals surface area contributed by atoms with Gasteiger partial charge in [-0.1, -0.05) is 96.7 Å². The fourth-order valence-corrected chi connectivity index (χ4v) is 6.94. The molecule has 4 nitrogen and oxygen atoms in total. The first-order valence-electron chi connectivity index (χ1n) is 9.13. The number of methoxy groups -OCH3 is 1. The number of ether oxygens (including phenoxy) is 1. The van der Waals surface area contributed by atoms with E-state index in [9.17, 15) is 9.59 Å². The van der Waals surface area contributed by atoms with Gasteiger partial charge in [0, 0.05) is 13.0 Å². The number of nitrogens with one attached hydrogen (secondary N) is 1. The van der Waals surface area contributed by atoms with Gasteiger partial charge in [0.15, 0.2) is 6.04 Å². The second-order valence-electron chi connectivity index (χ2n) is 6.53. The highest BCUT2D eigenvalue weighted by Gasteiger charge is 2.26. The van der Waals surface area contributed by atoms with Crippen LogP contribution in [0.1, 0.15) is 18.5 Å². The molecule has 1 N–H and O–H groups in total. The van der Waals surface area contributed by atoms with Crippen molar-refractivity contribution in [1.82, 2.24) is 5.32 Å². The van der Waals surface area contributed by atoms with Crippen LogP contribution in [0.3, 0.4) is 0 Å². The monoisotopic (exact) mass is 423 g/mol. The molecule has 1 amide bonds. The van der Waals surface area contributed by atoms with Crippen molar-refractivity contribution in [2.24, 2.45) is 0 Å². The first kappa shape index (κ1) is 21.0. The molecule has 0 heterocycles. The maximum Gasteiger partial charge on any atom is 0.333 e. The van der Waals surface area contributed by atoms with Crippen LogP contribution in [0.15, 0.2) is 84.9 Å². The Kier molecular flexibility index (Phi) is 6.63. The smallest absolute Gasteiger partial charge is 0.333 e. The molecule has 0 aliphatic carbocycles. The largest absolute Gasteiger partial charge is 0.467 e. The lowest BCUT2D eigenvalue weighted by Crippen LogP contribution is -2.33. The predicted molar refractivity (Wildman–Crippen MR) is 121 cm³/mol. The number of esters is 1. The van der Waals surface area contributed by atoms with Gasteiger partial charge in [-0.05, 0) is 21.5 Å². The van der Waals surface area contributed by atoms with Gasteiger partial charge in [-0.25, -0.2) is 4.79 Å². The van der Waals surface area contributed by atoms with E-state index in [2.05, 4.69) is 29.6 Å². The summed E-state index contributed by atoms with van der Waals surface area (Å²) in [5, 5.41) is 5.85. The fraction of sp³-hybridized carbons (Fsp3) is 0.130. The number of hydrogen-bond acceptors (Lipinski definition) is 4. The number of carbonyl (C=O) groups excluding carboxylic acids is 2. The van der Waals surface area contributed by atoms with E-state index in [1.165, 1.54) is 14.0 Å². The Morgan fingerprint density at radius 3 is 1.69 bits per heavy atom. The average Bonchev–Trinajstić information content (AvgIpc) is 2.77. The second kappa shape index (κ2) is 9.17. The minimum Gasteiger partial charge on any atom is -0.467 e. The lowest BCUT2D eigenvalue weighted by atomic mass is 10.1. The van der Waals surface area contributed by atoms with Crippen molar-refractivity contribution in [2.75, 3.05) is 7.11 Å². The molecule has 0 saturated carbocycles. The van der Waals surface area contributed by atoms with Gasteiger partial charge in [-0.15, -0.1) is 0 Å².